The molecule has 0 unspecified atom stereocenters. The fraction of sp³-hybridized carbons (Fsp3) is 0.500. The third-order valence-corrected chi connectivity index (χ3v) is 5.76. The highest BCUT2D eigenvalue weighted by Crippen LogP contribution is 2.41. The third kappa shape index (κ3) is 4.57. The Morgan fingerprint density at radius 3 is 2.75 bits per heavy atom. The van der Waals surface area contributed by atoms with Gasteiger partial charge in [-0.25, -0.2) is 0 Å². The van der Waals surface area contributed by atoms with Gasteiger partial charge in [-0.3, -0.25) is 9.59 Å². The number of carbonyl (C=O) groups is 2. The smallest absolute Gasteiger partial charge is 0.242 e. The topological polar surface area (TPSA) is 52.7 Å². The maximum absolute atomic E-state index is 12.4. The molecule has 0 spiro atoms. The van der Waals surface area contributed by atoms with Crippen molar-refractivity contribution in [3.8, 4) is 0 Å². The quantitative estimate of drug-likeness (QED) is 0.812. The van der Waals surface area contributed by atoms with Gasteiger partial charge in [0.15, 0.2) is 0 Å². The second kappa shape index (κ2) is 8.43. The molecule has 1 saturated heterocycles. The van der Waals surface area contributed by atoms with E-state index in [1.807, 2.05) is 25.1 Å². The lowest BCUT2D eigenvalue weighted by Crippen LogP contribution is -2.47. The minimum atomic E-state index is -0.547. The van der Waals surface area contributed by atoms with Crippen molar-refractivity contribution < 1.29 is 9.59 Å². The summed E-state index contributed by atoms with van der Waals surface area (Å²) in [5, 5.41) is 3.55. The van der Waals surface area contributed by atoms with Crippen molar-refractivity contribution in [3.05, 3.63) is 33.8 Å². The summed E-state index contributed by atoms with van der Waals surface area (Å²) in [6, 6.07) is 4.76. The molecule has 2 rings (SSSR count). The second-order valence-corrected chi connectivity index (χ2v) is 7.79. The highest BCUT2D eigenvalue weighted by Gasteiger charge is 2.38. The molecular weight excluding hydrogens is 369 g/mol. The highest BCUT2D eigenvalue weighted by atomic mass is 35.5. The van der Waals surface area contributed by atoms with Gasteiger partial charge in [-0.1, -0.05) is 29.3 Å². The molecule has 1 fully saturated rings. The number of benzene rings is 1. The average molecular weight is 390 g/mol. The van der Waals surface area contributed by atoms with Gasteiger partial charge in [0.05, 0.1) is 15.8 Å². The average Bonchev–Trinajstić information content (AvgIpc) is 2.90. The van der Waals surface area contributed by atoms with E-state index in [0.717, 1.165) is 12.1 Å². The lowest BCUT2D eigenvalue weighted by Gasteiger charge is -2.30. The molecule has 8 heteroatoms. The van der Waals surface area contributed by atoms with Crippen molar-refractivity contribution in [1.82, 2.24) is 15.1 Å². The largest absolute Gasteiger partial charge is 0.353 e. The van der Waals surface area contributed by atoms with Crippen LogP contribution in [0.25, 0.3) is 0 Å². The summed E-state index contributed by atoms with van der Waals surface area (Å²) in [4.78, 5) is 28.3. The Balaban J connectivity index is 2.11. The fourth-order valence-electron chi connectivity index (χ4n) is 2.45. The van der Waals surface area contributed by atoms with Gasteiger partial charge in [0.1, 0.15) is 11.4 Å². The first-order valence-electron chi connectivity index (χ1n) is 7.61. The first-order chi connectivity index (χ1) is 11.3. The van der Waals surface area contributed by atoms with E-state index in [2.05, 4.69) is 5.32 Å². The predicted octanol–water partition coefficient (Wildman–Crippen LogP) is 2.63. The number of rotatable bonds is 6. The Kier molecular flexibility index (Phi) is 6.80. The van der Waals surface area contributed by atoms with Gasteiger partial charge >= 0.3 is 0 Å². The van der Waals surface area contributed by atoms with E-state index in [1.54, 1.807) is 24.0 Å². The summed E-state index contributed by atoms with van der Waals surface area (Å²) in [5.74, 6) is 0.143. The van der Waals surface area contributed by atoms with E-state index in [1.165, 1.54) is 11.8 Å². The zero-order valence-electron chi connectivity index (χ0n) is 13.9. The molecule has 1 aromatic carbocycles. The summed E-state index contributed by atoms with van der Waals surface area (Å²) < 4.78 is 0. The first kappa shape index (κ1) is 19.4. The van der Waals surface area contributed by atoms with Crippen molar-refractivity contribution in [2.24, 2.45) is 0 Å². The molecule has 2 atom stereocenters. The van der Waals surface area contributed by atoms with Crippen LogP contribution in [0.3, 0.4) is 0 Å². The lowest BCUT2D eigenvalue weighted by atomic mass is 10.1. The standard InChI is InChI=1S/C16H21Cl2N3O2S/c1-10(15(23)19-6-7-20(2)3)21-14(22)9-24-16(21)11-4-5-12(17)13(18)8-11/h4-5,8,10,16H,6-7,9H2,1-3H3,(H,19,23)/t10-,16+/m0/s1. The van der Waals surface area contributed by atoms with E-state index in [0.29, 0.717) is 22.3 Å². The fourth-order valence-corrected chi connectivity index (χ4v) is 4.01. The van der Waals surface area contributed by atoms with Crippen molar-refractivity contribution in [1.29, 1.82) is 0 Å². The first-order valence-corrected chi connectivity index (χ1v) is 9.42. The number of halogens is 2. The number of likely N-dealkylation sites (N-methyl/N-ethyl adjacent to an activating group) is 1. The van der Waals surface area contributed by atoms with Gasteiger partial charge in [0, 0.05) is 13.1 Å². The second-order valence-electron chi connectivity index (χ2n) is 5.91. The number of amides is 2. The van der Waals surface area contributed by atoms with Gasteiger partial charge in [0.2, 0.25) is 11.8 Å². The van der Waals surface area contributed by atoms with E-state index in [-0.39, 0.29) is 17.2 Å². The molecule has 0 saturated carbocycles. The summed E-state index contributed by atoms with van der Waals surface area (Å²) >= 11 is 13.5. The zero-order valence-corrected chi connectivity index (χ0v) is 16.2. The number of hydrogen-bond acceptors (Lipinski definition) is 4. The molecule has 1 heterocycles. The van der Waals surface area contributed by atoms with Crippen molar-refractivity contribution in [3.63, 3.8) is 0 Å². The molecule has 1 N–H and O–H groups in total. The minimum absolute atomic E-state index is 0.0497. The molecule has 1 aromatic rings. The van der Waals surface area contributed by atoms with Crippen molar-refractivity contribution >= 4 is 46.8 Å². The van der Waals surface area contributed by atoms with Gasteiger partial charge in [-0.05, 0) is 38.7 Å². The van der Waals surface area contributed by atoms with E-state index in [4.69, 9.17) is 23.2 Å². The number of carbonyl (C=O) groups excluding carboxylic acids is 2. The van der Waals surface area contributed by atoms with Crippen LogP contribution in [0.15, 0.2) is 18.2 Å². The maximum atomic E-state index is 12.4. The maximum Gasteiger partial charge on any atom is 0.242 e. The number of nitrogens with one attached hydrogen (secondary N) is 1. The summed E-state index contributed by atoms with van der Waals surface area (Å²) in [5.41, 5.74) is 0.869. The van der Waals surface area contributed by atoms with Crippen LogP contribution >= 0.6 is 35.0 Å². The van der Waals surface area contributed by atoms with Crippen LogP contribution < -0.4 is 5.32 Å². The zero-order chi connectivity index (χ0) is 17.9. The SMILES string of the molecule is C[C@@H](C(=O)NCCN(C)C)N1C(=O)CS[C@@H]1c1ccc(Cl)c(Cl)c1. The normalized spacial score (nSPS) is 19.0. The Bertz CT molecular complexity index is 627. The molecule has 1 aliphatic heterocycles. The van der Waals surface area contributed by atoms with Crippen molar-refractivity contribution in [2.75, 3.05) is 32.9 Å². The summed E-state index contributed by atoms with van der Waals surface area (Å²) in [6.45, 7) is 3.04. The minimum Gasteiger partial charge on any atom is -0.353 e. The summed E-state index contributed by atoms with van der Waals surface area (Å²) in [6.07, 6.45) is 0. The molecule has 0 bridgehead atoms. The Labute approximate surface area is 156 Å². The van der Waals surface area contributed by atoms with E-state index < -0.39 is 6.04 Å². The molecule has 0 radical (unpaired) electrons. The Morgan fingerprint density at radius 1 is 1.42 bits per heavy atom. The van der Waals surface area contributed by atoms with Crippen LogP contribution in [0.5, 0.6) is 0 Å². The third-order valence-electron chi connectivity index (χ3n) is 3.79. The van der Waals surface area contributed by atoms with Gasteiger partial charge in [-0.2, -0.15) is 0 Å². The Morgan fingerprint density at radius 2 is 2.12 bits per heavy atom. The van der Waals surface area contributed by atoms with Crippen molar-refractivity contribution in [2.45, 2.75) is 18.3 Å². The molecule has 24 heavy (non-hydrogen) atoms. The van der Waals surface area contributed by atoms with Crippen LogP contribution in [0.1, 0.15) is 17.9 Å². The van der Waals surface area contributed by atoms with Gasteiger partial charge < -0.3 is 15.1 Å². The van der Waals surface area contributed by atoms with E-state index >= 15 is 0 Å². The predicted molar refractivity (Wildman–Crippen MR) is 99.5 cm³/mol. The number of nitrogens with zero attached hydrogens (tertiary/aromatic N) is 2. The molecular formula is C16H21Cl2N3O2S. The van der Waals surface area contributed by atoms with Crippen LogP contribution in [0.4, 0.5) is 0 Å². The molecule has 132 valence electrons. The molecule has 2 amide bonds. The van der Waals surface area contributed by atoms with Crippen LogP contribution in [0.2, 0.25) is 10.0 Å². The monoisotopic (exact) mass is 389 g/mol. The van der Waals surface area contributed by atoms with Gasteiger partial charge in [0.25, 0.3) is 0 Å². The van der Waals surface area contributed by atoms with Crippen LogP contribution in [-0.4, -0.2) is 60.6 Å². The molecule has 5 nitrogen and oxygen atoms in total. The number of thioether (sulfide) groups is 1. The molecule has 0 aliphatic carbocycles. The Hall–Kier alpha value is -0.950. The van der Waals surface area contributed by atoms with Crippen LogP contribution in [-0.2, 0) is 9.59 Å². The van der Waals surface area contributed by atoms with Gasteiger partial charge in [-0.15, -0.1) is 11.8 Å². The van der Waals surface area contributed by atoms with Crippen LogP contribution in [0, 0.1) is 0 Å². The lowest BCUT2D eigenvalue weighted by molar-refractivity contribution is -0.137. The van der Waals surface area contributed by atoms with E-state index in [9.17, 15) is 9.59 Å². The molecule has 1 aliphatic rings. The summed E-state index contributed by atoms with van der Waals surface area (Å²) in [7, 11) is 3.88. The number of hydrogen-bond donors (Lipinski definition) is 1. The molecule has 0 aromatic heterocycles. The highest BCUT2D eigenvalue weighted by molar-refractivity contribution is 8.00.